The lowest BCUT2D eigenvalue weighted by Gasteiger charge is -1.94. The highest BCUT2D eigenvalue weighted by molar-refractivity contribution is 7.82. The van der Waals surface area contributed by atoms with E-state index in [-0.39, 0.29) is 5.34 Å². The summed E-state index contributed by atoms with van der Waals surface area (Å²) in [4.78, 5) is 0. The quantitative estimate of drug-likeness (QED) is 0.287. The molecule has 0 rings (SSSR count). The zero-order valence-corrected chi connectivity index (χ0v) is 3.79. The molecule has 0 aliphatic carbocycles. The molecule has 3 heteroatoms. The van der Waals surface area contributed by atoms with Gasteiger partial charge in [-0.15, -0.1) is 0 Å². The first kappa shape index (κ1) is 2.53. The fraction of sp³-hybridized carbons (Fsp3) is 1.00. The Morgan fingerprint density at radius 3 is 3.60 bits per heavy atom. The van der Waals surface area contributed by atoms with Gasteiger partial charge in [-0.05, 0) is 1.34 Å². The molecular formula is C2H6BOS. The molecule has 0 N–H and O–H groups in total. The van der Waals surface area contributed by atoms with Crippen molar-refractivity contribution < 1.29 is 4.74 Å². The lowest BCUT2D eigenvalue weighted by Crippen LogP contribution is -1.97. The number of hydrogen-bond acceptors (Lipinski definition) is 2. The van der Waals surface area contributed by atoms with E-state index >= 15 is 0 Å². The molecule has 0 amide bonds. The second-order valence-electron chi connectivity index (χ2n) is 0.604. The molecular weight excluding hydrogens is 82.9 g/mol. The summed E-state index contributed by atoms with van der Waals surface area (Å²) in [5.74, 6) is 0. The van der Waals surface area contributed by atoms with E-state index in [9.17, 15) is 0 Å². The first-order chi connectivity index (χ1) is 3.35. The van der Waals surface area contributed by atoms with Crippen molar-refractivity contribution >= 4 is 20.3 Å². The molecule has 1 nitrogen and oxygen atoms in total. The van der Waals surface area contributed by atoms with Crippen molar-refractivity contribution in [3.63, 3.8) is 0 Å². The molecule has 1 radical (unpaired) electrons. The molecule has 0 bridgehead atoms. The third kappa shape index (κ3) is 4.37. The number of thiol groups is 1. The average molecular weight is 92.0 g/mol. The van der Waals surface area contributed by atoms with Crippen molar-refractivity contribution in [3.05, 3.63) is 0 Å². The zero-order valence-electron chi connectivity index (χ0n) is 4.97. The largest absolute Gasteiger partial charge is 0.381 e. The SMILES string of the molecule is [2H]SC([B][3H])OC. The lowest BCUT2D eigenvalue weighted by atomic mass is 10.2. The van der Waals surface area contributed by atoms with Gasteiger partial charge in [0.25, 0.3) is 0 Å². The maximum Gasteiger partial charge on any atom is 0.141 e. The van der Waals surface area contributed by atoms with E-state index in [2.05, 4.69) is 4.74 Å². The molecule has 0 fully saturated rings. The Labute approximate surface area is 41.0 Å². The van der Waals surface area contributed by atoms with Crippen LogP contribution in [-0.2, 0) is 4.74 Å². The standard InChI is InChI=1S/C2H6BOS/c1-4-2(3)5/h2-3,5H,1H3/i3T/hD. The van der Waals surface area contributed by atoms with Crippen LogP contribution in [0.1, 0.15) is 0 Å². The fourth-order valence-corrected chi connectivity index (χ4v) is 0. The van der Waals surface area contributed by atoms with Gasteiger partial charge in [0.15, 0.2) is 0 Å². The van der Waals surface area contributed by atoms with Gasteiger partial charge in [-0.2, -0.15) is 12.5 Å². The number of rotatable bonds is 3. The molecule has 0 aliphatic rings. The molecule has 0 heterocycles. The molecule has 0 saturated heterocycles. The minimum Gasteiger partial charge on any atom is -0.381 e. The Balaban J connectivity index is 2.99. The van der Waals surface area contributed by atoms with Crippen LogP contribution in [-0.4, -0.2) is 22.7 Å². The summed E-state index contributed by atoms with van der Waals surface area (Å²) in [6.07, 6.45) is 0. The van der Waals surface area contributed by atoms with Crippen molar-refractivity contribution in [2.45, 2.75) is 5.34 Å². The van der Waals surface area contributed by atoms with Crippen LogP contribution in [0.15, 0.2) is 0 Å². The van der Waals surface area contributed by atoms with Gasteiger partial charge in [0.1, 0.15) is 8.93 Å². The van der Waals surface area contributed by atoms with Gasteiger partial charge in [0.2, 0.25) is 0 Å². The molecule has 1 atom stereocenters. The van der Waals surface area contributed by atoms with Crippen LogP contribution in [0.25, 0.3) is 0 Å². The Hall–Kier alpha value is 0.375. The molecule has 5 heavy (non-hydrogen) atoms. The Morgan fingerprint density at radius 2 is 3.60 bits per heavy atom. The van der Waals surface area contributed by atoms with E-state index in [1.165, 1.54) is 7.11 Å². The normalized spacial score (nSPS) is 19.4. The first-order valence-electron chi connectivity index (χ1n) is 2.20. The van der Waals surface area contributed by atoms with E-state index in [1.807, 2.05) is 0 Å². The average Bonchev–Trinajstić information content (AvgIpc) is 1.72. The summed E-state index contributed by atoms with van der Waals surface area (Å²) in [5, 5.41) is -0.389. The van der Waals surface area contributed by atoms with E-state index in [0.717, 1.165) is 20.3 Å². The third-order valence-electron chi connectivity index (χ3n) is 0.232. The third-order valence-corrected chi connectivity index (χ3v) is 0.425. The highest BCUT2D eigenvalue weighted by Crippen LogP contribution is 1.82. The molecule has 0 aromatic heterocycles. The molecule has 0 aromatic carbocycles. The molecule has 0 spiro atoms. The molecule has 0 saturated carbocycles. The van der Waals surface area contributed by atoms with E-state index in [0.29, 0.717) is 0 Å². The summed E-state index contributed by atoms with van der Waals surface area (Å²) in [6, 6.07) is 0. The van der Waals surface area contributed by atoms with Crippen LogP contribution >= 0.6 is 12.5 Å². The van der Waals surface area contributed by atoms with Crippen LogP contribution in [0.5, 0.6) is 0 Å². The van der Waals surface area contributed by atoms with Gasteiger partial charge in [-0.3, -0.25) is 0 Å². The minimum absolute atomic E-state index is 0.389. The van der Waals surface area contributed by atoms with Gasteiger partial charge in [0.05, 0.1) is 5.34 Å². The predicted octanol–water partition coefficient (Wildman–Crippen LogP) is -0.253. The van der Waals surface area contributed by atoms with Crippen LogP contribution in [0, 0.1) is 0 Å². The van der Waals surface area contributed by atoms with Crippen molar-refractivity contribution in [1.29, 1.82) is 2.46 Å². The lowest BCUT2D eigenvalue weighted by molar-refractivity contribution is 0.231. The van der Waals surface area contributed by atoms with Crippen LogP contribution < -0.4 is 0 Å². The summed E-state index contributed by atoms with van der Waals surface area (Å²) < 4.78 is 17.8. The number of methoxy groups -OCH3 is 1. The van der Waals surface area contributed by atoms with Crippen molar-refractivity contribution in [1.82, 2.24) is 0 Å². The second-order valence-corrected chi connectivity index (χ2v) is 1.07. The smallest absolute Gasteiger partial charge is 0.141 e. The van der Waals surface area contributed by atoms with Crippen LogP contribution in [0.2, 0.25) is 0 Å². The van der Waals surface area contributed by atoms with Crippen molar-refractivity contribution in [2.24, 2.45) is 0 Å². The van der Waals surface area contributed by atoms with Gasteiger partial charge in [-0.1, -0.05) is 0 Å². The van der Waals surface area contributed by atoms with Gasteiger partial charge < -0.3 is 4.74 Å². The summed E-state index contributed by atoms with van der Waals surface area (Å²) >= 11 is 0.755. The molecule has 0 aromatic rings. The van der Waals surface area contributed by atoms with Gasteiger partial charge in [0, 0.05) is 7.11 Å². The number of hydrogen-bond donors (Lipinski definition) is 1. The predicted molar refractivity (Wildman–Crippen MR) is 26.9 cm³/mol. The monoisotopic (exact) mass is 92.0 g/mol. The minimum atomic E-state index is -0.389. The highest BCUT2D eigenvalue weighted by Gasteiger charge is 1.80. The fourth-order valence-electron chi connectivity index (χ4n) is 0. The van der Waals surface area contributed by atoms with Gasteiger partial charge >= 0.3 is 0 Å². The van der Waals surface area contributed by atoms with Crippen LogP contribution in [0.3, 0.4) is 0 Å². The summed E-state index contributed by atoms with van der Waals surface area (Å²) in [7, 11) is 2.55. The van der Waals surface area contributed by atoms with E-state index in [4.69, 9.17) is 2.46 Å². The molecule has 29 valence electrons. The summed E-state index contributed by atoms with van der Waals surface area (Å²) in [6.45, 7) is 0. The van der Waals surface area contributed by atoms with E-state index in [1.54, 1.807) is 0 Å². The molecule has 1 unspecified atom stereocenters. The second kappa shape index (κ2) is 2.60. The summed E-state index contributed by atoms with van der Waals surface area (Å²) in [5.41, 5.74) is 0. The molecule has 0 aliphatic heterocycles. The van der Waals surface area contributed by atoms with Crippen molar-refractivity contribution in [2.75, 3.05) is 7.11 Å². The topological polar surface area (TPSA) is 9.23 Å². The first-order valence-corrected chi connectivity index (χ1v) is 1.68. The number of ether oxygens (including phenoxy) is 1. The zero-order chi connectivity index (χ0) is 5.70. The van der Waals surface area contributed by atoms with Crippen LogP contribution in [0.4, 0.5) is 0 Å². The Morgan fingerprint density at radius 1 is 2.80 bits per heavy atom. The maximum absolute atomic E-state index is 6.60. The van der Waals surface area contributed by atoms with E-state index < -0.39 is 0 Å². The Bertz CT molecular complexity index is 37.2. The van der Waals surface area contributed by atoms with Crippen molar-refractivity contribution in [3.8, 4) is 0 Å². The highest BCUT2D eigenvalue weighted by atomic mass is 32.1. The Kier molecular flexibility index (Phi) is 1.32. The maximum atomic E-state index is 6.60. The van der Waals surface area contributed by atoms with Gasteiger partial charge in [-0.25, -0.2) is 0 Å².